The van der Waals surface area contributed by atoms with Crippen molar-refractivity contribution in [2.24, 2.45) is 5.41 Å². The molecular weight excluding hydrogens is 607 g/mol. The molecule has 11 heteroatoms. The van der Waals surface area contributed by atoms with Crippen LogP contribution in [-0.2, 0) is 11.2 Å². The molecular formula is C36H40F3N5O3. The maximum Gasteiger partial charge on any atom is 0.319 e. The first-order valence-corrected chi connectivity index (χ1v) is 16.9. The molecule has 248 valence electrons. The number of anilines is 1. The van der Waals surface area contributed by atoms with Crippen molar-refractivity contribution < 1.29 is 27.8 Å². The first-order chi connectivity index (χ1) is 22.8. The number of hydrogen-bond donors (Lipinski definition) is 1. The molecule has 1 aliphatic carbocycles. The number of phenols is 1. The zero-order valence-electron chi connectivity index (χ0n) is 26.7. The summed E-state index contributed by atoms with van der Waals surface area (Å²) >= 11 is 0. The maximum absolute atomic E-state index is 16.9. The van der Waals surface area contributed by atoms with E-state index in [9.17, 15) is 13.9 Å². The molecule has 2 aromatic carbocycles. The van der Waals surface area contributed by atoms with Crippen molar-refractivity contribution in [1.82, 2.24) is 19.9 Å². The minimum Gasteiger partial charge on any atom is -0.508 e. The lowest BCUT2D eigenvalue weighted by molar-refractivity contribution is -0.151. The molecule has 3 aliphatic heterocycles. The van der Waals surface area contributed by atoms with Crippen molar-refractivity contribution in [1.29, 1.82) is 0 Å². The Bertz CT molecular complexity index is 1840. The highest BCUT2D eigenvalue weighted by molar-refractivity contribution is 6.01. The third-order valence-electron chi connectivity index (χ3n) is 10.8. The average molecular weight is 648 g/mol. The summed E-state index contributed by atoms with van der Waals surface area (Å²) in [5.41, 5.74) is 0.475. The van der Waals surface area contributed by atoms with E-state index in [0.29, 0.717) is 65.5 Å². The molecule has 5 heterocycles. The quantitative estimate of drug-likeness (QED) is 0.225. The molecule has 1 saturated carbocycles. The highest BCUT2D eigenvalue weighted by Gasteiger charge is 2.46. The Morgan fingerprint density at radius 1 is 1.06 bits per heavy atom. The second-order valence-electron chi connectivity index (χ2n) is 14.0. The molecule has 0 bridgehead atoms. The first kappa shape index (κ1) is 30.6. The van der Waals surface area contributed by atoms with E-state index in [0.717, 1.165) is 64.9 Å². The molecule has 1 spiro atoms. The number of aromatic nitrogens is 3. The minimum absolute atomic E-state index is 0.0262. The number of rotatable bonds is 8. The number of aromatic hydroxyl groups is 1. The van der Waals surface area contributed by atoms with Crippen molar-refractivity contribution in [2.45, 2.75) is 70.1 Å². The summed E-state index contributed by atoms with van der Waals surface area (Å²) < 4.78 is 57.9. The van der Waals surface area contributed by atoms with Crippen molar-refractivity contribution in [3.63, 3.8) is 0 Å². The molecule has 1 N–H and O–H groups in total. The summed E-state index contributed by atoms with van der Waals surface area (Å²) in [5.74, 6) is -0.599. The smallest absolute Gasteiger partial charge is 0.319 e. The van der Waals surface area contributed by atoms with Gasteiger partial charge < -0.3 is 24.4 Å². The van der Waals surface area contributed by atoms with E-state index in [2.05, 4.69) is 19.8 Å². The molecule has 0 amide bonds. The Balaban J connectivity index is 1.20. The maximum atomic E-state index is 16.9. The average Bonchev–Trinajstić information content (AvgIpc) is 3.83. The number of nitrogens with zero attached hydrogens (tertiary/aromatic N) is 5. The largest absolute Gasteiger partial charge is 0.508 e. The fourth-order valence-corrected chi connectivity index (χ4v) is 7.82. The van der Waals surface area contributed by atoms with Crippen LogP contribution in [0.5, 0.6) is 11.8 Å². The molecule has 0 unspecified atom stereocenters. The van der Waals surface area contributed by atoms with Gasteiger partial charge in [-0.3, -0.25) is 4.98 Å². The van der Waals surface area contributed by atoms with Gasteiger partial charge in [0.15, 0.2) is 5.82 Å². The summed E-state index contributed by atoms with van der Waals surface area (Å²) in [6, 6.07) is 6.02. The number of fused-ring (bicyclic) bond motifs is 2. The van der Waals surface area contributed by atoms with Crippen LogP contribution in [0, 0.1) is 17.0 Å². The van der Waals surface area contributed by atoms with Gasteiger partial charge in [-0.05, 0) is 79.5 Å². The Kier molecular flexibility index (Phi) is 7.67. The highest BCUT2D eigenvalue weighted by Crippen LogP contribution is 2.47. The van der Waals surface area contributed by atoms with Crippen LogP contribution in [0.3, 0.4) is 0 Å². The van der Waals surface area contributed by atoms with Gasteiger partial charge in [0.25, 0.3) is 0 Å². The lowest BCUT2D eigenvalue weighted by Crippen LogP contribution is -2.56. The standard InChI is InChI=1S/C36H40F3N5O3/c1-2-25-28(38)5-4-22-16-24(45)17-26(29(22)25)31-30(39)32-27(18-40-31)33(44-12-3-8-36(20-44)11-15-47-36)42-34(41-32)46-21-35(9-10-35)19-43-13-6-23(37)7-14-43/h4-5,16-18,23,45H,2-3,6-15,19-21H2,1H3/t36-/m0/s1. The molecule has 4 aliphatic rings. The Hall–Kier alpha value is -3.70. The van der Waals surface area contributed by atoms with E-state index >= 15 is 4.39 Å². The van der Waals surface area contributed by atoms with Gasteiger partial charge in [0.2, 0.25) is 0 Å². The molecule has 0 radical (unpaired) electrons. The van der Waals surface area contributed by atoms with E-state index in [-0.39, 0.29) is 34.0 Å². The summed E-state index contributed by atoms with van der Waals surface area (Å²) in [7, 11) is 0. The van der Waals surface area contributed by atoms with E-state index in [1.165, 1.54) is 12.1 Å². The molecule has 2 aromatic heterocycles. The second kappa shape index (κ2) is 11.8. The molecule has 1 atom stereocenters. The van der Waals surface area contributed by atoms with Crippen LogP contribution >= 0.6 is 0 Å². The number of pyridine rings is 1. The summed E-state index contributed by atoms with van der Waals surface area (Å²) in [6.07, 6.45) is 7.20. The summed E-state index contributed by atoms with van der Waals surface area (Å²) in [5, 5.41) is 12.2. The Labute approximate surface area is 271 Å². The number of hydrogen-bond acceptors (Lipinski definition) is 8. The highest BCUT2D eigenvalue weighted by atomic mass is 19.1. The molecule has 3 saturated heterocycles. The van der Waals surface area contributed by atoms with Crippen molar-refractivity contribution >= 4 is 27.5 Å². The van der Waals surface area contributed by atoms with Gasteiger partial charge in [-0.1, -0.05) is 13.0 Å². The van der Waals surface area contributed by atoms with E-state index < -0.39 is 17.8 Å². The number of likely N-dealkylation sites (tertiary alicyclic amines) is 1. The van der Waals surface area contributed by atoms with Gasteiger partial charge in [-0.2, -0.15) is 9.97 Å². The van der Waals surface area contributed by atoms with Gasteiger partial charge in [0, 0.05) is 56.3 Å². The van der Waals surface area contributed by atoms with Crippen LogP contribution in [0.15, 0.2) is 30.5 Å². The predicted octanol–water partition coefficient (Wildman–Crippen LogP) is 6.74. The number of benzene rings is 2. The third kappa shape index (κ3) is 5.65. The Morgan fingerprint density at radius 2 is 1.87 bits per heavy atom. The molecule has 47 heavy (non-hydrogen) atoms. The SMILES string of the molecule is CCc1c(F)ccc2cc(O)cc(-c3ncc4c(N5CCC[C@]6(CCO6)C5)nc(OCC5(CN6CCC(F)CC6)CC5)nc4c3F)c12. The minimum atomic E-state index is -0.721. The zero-order valence-corrected chi connectivity index (χ0v) is 26.7. The lowest BCUT2D eigenvalue weighted by Gasteiger charge is -2.48. The van der Waals surface area contributed by atoms with Crippen LogP contribution < -0.4 is 9.64 Å². The van der Waals surface area contributed by atoms with Gasteiger partial charge in [0.05, 0.1) is 24.2 Å². The van der Waals surface area contributed by atoms with Crippen LogP contribution in [0.25, 0.3) is 32.9 Å². The first-order valence-electron chi connectivity index (χ1n) is 16.9. The van der Waals surface area contributed by atoms with Crippen LogP contribution in [0.1, 0.15) is 57.4 Å². The fraction of sp³-hybridized carbons (Fsp3) is 0.528. The summed E-state index contributed by atoms with van der Waals surface area (Å²) in [6.45, 7) is 6.63. The monoisotopic (exact) mass is 647 g/mol. The number of aryl methyl sites for hydroxylation is 1. The second-order valence-corrected chi connectivity index (χ2v) is 14.0. The van der Waals surface area contributed by atoms with Crippen LogP contribution in [-0.4, -0.2) is 82.7 Å². The molecule has 4 aromatic rings. The van der Waals surface area contributed by atoms with Gasteiger partial charge in [-0.15, -0.1) is 0 Å². The van der Waals surface area contributed by atoms with Crippen LogP contribution in [0.4, 0.5) is 19.0 Å². The van der Waals surface area contributed by atoms with E-state index in [1.807, 2.05) is 6.92 Å². The van der Waals surface area contributed by atoms with Crippen molar-refractivity contribution in [2.75, 3.05) is 50.8 Å². The topological polar surface area (TPSA) is 83.8 Å². The van der Waals surface area contributed by atoms with Crippen LogP contribution in [0.2, 0.25) is 0 Å². The van der Waals surface area contributed by atoms with Crippen molar-refractivity contribution in [3.8, 4) is 23.0 Å². The van der Waals surface area contributed by atoms with E-state index in [1.54, 1.807) is 18.3 Å². The Morgan fingerprint density at radius 3 is 2.60 bits per heavy atom. The number of ether oxygens (including phenoxy) is 2. The van der Waals surface area contributed by atoms with Gasteiger partial charge in [0.1, 0.15) is 34.8 Å². The molecule has 8 nitrogen and oxygen atoms in total. The van der Waals surface area contributed by atoms with Crippen molar-refractivity contribution in [3.05, 3.63) is 47.7 Å². The predicted molar refractivity (Wildman–Crippen MR) is 174 cm³/mol. The number of piperidine rings is 2. The van der Waals surface area contributed by atoms with Gasteiger partial charge >= 0.3 is 6.01 Å². The third-order valence-corrected chi connectivity index (χ3v) is 10.8. The number of alkyl halides is 1. The molecule has 8 rings (SSSR count). The fourth-order valence-electron chi connectivity index (χ4n) is 7.82. The zero-order chi connectivity index (χ0) is 32.3. The summed E-state index contributed by atoms with van der Waals surface area (Å²) in [4.78, 5) is 18.5. The molecule has 4 fully saturated rings. The van der Waals surface area contributed by atoms with Gasteiger partial charge in [-0.25, -0.2) is 13.2 Å². The number of halogens is 3. The van der Waals surface area contributed by atoms with E-state index in [4.69, 9.17) is 14.5 Å². The normalized spacial score (nSPS) is 23.0. The number of phenolic OH excluding ortho intramolecular Hbond substituents is 1. The lowest BCUT2D eigenvalue weighted by atomic mass is 9.86.